The van der Waals surface area contributed by atoms with Crippen LogP contribution in [0.3, 0.4) is 0 Å². The number of thiazole rings is 1. The van der Waals surface area contributed by atoms with E-state index in [-0.39, 0.29) is 5.91 Å². The quantitative estimate of drug-likeness (QED) is 0.475. The Balaban J connectivity index is 1.92. The molecule has 0 spiro atoms. The van der Waals surface area contributed by atoms with E-state index in [9.17, 15) is 4.79 Å². The van der Waals surface area contributed by atoms with E-state index < -0.39 is 0 Å². The van der Waals surface area contributed by atoms with Crippen molar-refractivity contribution in [3.8, 4) is 17.2 Å². The number of halogens is 1. The summed E-state index contributed by atoms with van der Waals surface area (Å²) in [5, 5.41) is 3.39. The Morgan fingerprint density at radius 1 is 1.04 bits per heavy atom. The molecular formula is C20H21BrN2O4S. The van der Waals surface area contributed by atoms with Gasteiger partial charge in [-0.15, -0.1) is 0 Å². The van der Waals surface area contributed by atoms with E-state index in [4.69, 9.17) is 14.2 Å². The average molecular weight is 465 g/mol. The van der Waals surface area contributed by atoms with Gasteiger partial charge in [0.1, 0.15) is 0 Å². The number of carbonyl (C=O) groups is 1. The number of rotatable bonds is 8. The van der Waals surface area contributed by atoms with E-state index in [1.54, 1.807) is 12.1 Å². The highest BCUT2D eigenvalue weighted by atomic mass is 79.9. The molecule has 1 N–H and O–H groups in total. The summed E-state index contributed by atoms with van der Waals surface area (Å²) in [5.74, 6) is 1.18. The van der Waals surface area contributed by atoms with Crippen molar-refractivity contribution in [3.63, 3.8) is 0 Å². The largest absolute Gasteiger partial charge is 0.490 e. The van der Waals surface area contributed by atoms with Gasteiger partial charge in [0.15, 0.2) is 16.6 Å². The smallest absolute Gasteiger partial charge is 0.257 e. The van der Waals surface area contributed by atoms with Crippen LogP contribution in [0.1, 0.15) is 31.1 Å². The molecule has 148 valence electrons. The second-order valence-corrected chi connectivity index (χ2v) is 7.63. The standard InChI is InChI=1S/C20H21BrN2O4S/c1-4-25-15-9-12(10-16(26-5-2)18(15)27-6-3)19(24)23-20-22-14-8-7-13(21)11-17(14)28-20/h7-11H,4-6H2,1-3H3,(H,22,23,24). The maximum atomic E-state index is 12.8. The molecule has 1 amide bonds. The molecule has 0 saturated carbocycles. The van der Waals surface area contributed by atoms with E-state index in [0.29, 0.717) is 47.8 Å². The van der Waals surface area contributed by atoms with Crippen LogP contribution in [0.25, 0.3) is 10.2 Å². The summed E-state index contributed by atoms with van der Waals surface area (Å²) in [5.41, 5.74) is 1.25. The molecule has 1 heterocycles. The van der Waals surface area contributed by atoms with E-state index >= 15 is 0 Å². The van der Waals surface area contributed by atoms with Crippen LogP contribution in [0.5, 0.6) is 17.2 Å². The Kier molecular flexibility index (Phi) is 6.74. The van der Waals surface area contributed by atoms with Crippen molar-refractivity contribution >= 4 is 48.5 Å². The molecule has 1 aromatic heterocycles. The fraction of sp³-hybridized carbons (Fsp3) is 0.300. The van der Waals surface area contributed by atoms with Crippen molar-refractivity contribution in [1.82, 2.24) is 4.98 Å². The number of aromatic nitrogens is 1. The van der Waals surface area contributed by atoms with Crippen LogP contribution in [-0.2, 0) is 0 Å². The summed E-state index contributed by atoms with van der Waals surface area (Å²) in [6, 6.07) is 9.12. The van der Waals surface area contributed by atoms with Gasteiger partial charge in [-0.05, 0) is 51.1 Å². The van der Waals surface area contributed by atoms with E-state index in [0.717, 1.165) is 14.7 Å². The van der Waals surface area contributed by atoms with Gasteiger partial charge in [-0.2, -0.15) is 0 Å². The number of anilines is 1. The predicted octanol–water partition coefficient (Wildman–Crippen LogP) is 5.51. The molecule has 0 aliphatic heterocycles. The molecule has 28 heavy (non-hydrogen) atoms. The van der Waals surface area contributed by atoms with Gasteiger partial charge in [-0.3, -0.25) is 10.1 Å². The predicted molar refractivity (Wildman–Crippen MR) is 115 cm³/mol. The van der Waals surface area contributed by atoms with Crippen molar-refractivity contribution in [2.45, 2.75) is 20.8 Å². The first-order valence-corrected chi connectivity index (χ1v) is 10.6. The lowest BCUT2D eigenvalue weighted by Crippen LogP contribution is -2.13. The van der Waals surface area contributed by atoms with Crippen LogP contribution in [0.2, 0.25) is 0 Å². The van der Waals surface area contributed by atoms with Crippen LogP contribution in [0.4, 0.5) is 5.13 Å². The number of ether oxygens (including phenoxy) is 3. The lowest BCUT2D eigenvalue weighted by molar-refractivity contribution is 0.102. The molecule has 0 unspecified atom stereocenters. The third-order valence-electron chi connectivity index (χ3n) is 3.74. The van der Waals surface area contributed by atoms with Gasteiger partial charge in [0.05, 0.1) is 30.0 Å². The van der Waals surface area contributed by atoms with E-state index in [1.807, 2.05) is 39.0 Å². The van der Waals surface area contributed by atoms with Crippen molar-refractivity contribution in [1.29, 1.82) is 0 Å². The number of hydrogen-bond donors (Lipinski definition) is 1. The molecule has 0 radical (unpaired) electrons. The maximum Gasteiger partial charge on any atom is 0.257 e. The van der Waals surface area contributed by atoms with Gasteiger partial charge < -0.3 is 14.2 Å². The van der Waals surface area contributed by atoms with E-state index in [2.05, 4.69) is 26.2 Å². The highest BCUT2D eigenvalue weighted by molar-refractivity contribution is 9.10. The minimum Gasteiger partial charge on any atom is -0.490 e. The zero-order valence-corrected chi connectivity index (χ0v) is 18.3. The Hall–Kier alpha value is -2.32. The molecule has 0 fully saturated rings. The molecule has 0 saturated heterocycles. The highest BCUT2D eigenvalue weighted by Crippen LogP contribution is 2.39. The van der Waals surface area contributed by atoms with Gasteiger partial charge in [0.2, 0.25) is 5.75 Å². The molecule has 0 aliphatic carbocycles. The summed E-state index contributed by atoms with van der Waals surface area (Å²) < 4.78 is 19.0. The first kappa shape index (κ1) is 20.4. The third-order valence-corrected chi connectivity index (χ3v) is 5.17. The van der Waals surface area contributed by atoms with Gasteiger partial charge in [-0.1, -0.05) is 27.3 Å². The molecule has 0 atom stereocenters. The van der Waals surface area contributed by atoms with Crippen molar-refractivity contribution in [2.24, 2.45) is 0 Å². The Morgan fingerprint density at radius 3 is 2.29 bits per heavy atom. The normalized spacial score (nSPS) is 10.7. The number of carbonyl (C=O) groups excluding carboxylic acids is 1. The molecule has 3 rings (SSSR count). The average Bonchev–Trinajstić information content (AvgIpc) is 3.05. The second kappa shape index (κ2) is 9.25. The second-order valence-electron chi connectivity index (χ2n) is 5.69. The number of fused-ring (bicyclic) bond motifs is 1. The molecular weight excluding hydrogens is 444 g/mol. The minimum absolute atomic E-state index is 0.289. The van der Waals surface area contributed by atoms with Gasteiger partial charge in [0.25, 0.3) is 5.91 Å². The topological polar surface area (TPSA) is 69.7 Å². The minimum atomic E-state index is -0.289. The van der Waals surface area contributed by atoms with Gasteiger partial charge >= 0.3 is 0 Å². The summed E-state index contributed by atoms with van der Waals surface area (Å²) in [4.78, 5) is 17.3. The third kappa shape index (κ3) is 4.56. The summed E-state index contributed by atoms with van der Waals surface area (Å²) in [6.07, 6.45) is 0. The molecule has 2 aromatic carbocycles. The molecule has 6 nitrogen and oxygen atoms in total. The molecule has 3 aromatic rings. The van der Waals surface area contributed by atoms with Crippen LogP contribution >= 0.6 is 27.3 Å². The maximum absolute atomic E-state index is 12.8. The van der Waals surface area contributed by atoms with Crippen LogP contribution < -0.4 is 19.5 Å². The number of nitrogens with one attached hydrogen (secondary N) is 1. The summed E-state index contributed by atoms with van der Waals surface area (Å²) in [7, 11) is 0. The van der Waals surface area contributed by atoms with Gasteiger partial charge in [-0.25, -0.2) is 4.98 Å². The van der Waals surface area contributed by atoms with E-state index in [1.165, 1.54) is 11.3 Å². The number of nitrogens with zero attached hydrogens (tertiary/aromatic N) is 1. The summed E-state index contributed by atoms with van der Waals surface area (Å²) >= 11 is 4.86. The van der Waals surface area contributed by atoms with Crippen molar-refractivity contribution in [3.05, 3.63) is 40.4 Å². The van der Waals surface area contributed by atoms with Crippen LogP contribution in [0.15, 0.2) is 34.8 Å². The van der Waals surface area contributed by atoms with Gasteiger partial charge in [0, 0.05) is 10.0 Å². The summed E-state index contributed by atoms with van der Waals surface area (Å²) in [6.45, 7) is 7.00. The monoisotopic (exact) mass is 464 g/mol. The highest BCUT2D eigenvalue weighted by Gasteiger charge is 2.19. The SMILES string of the molecule is CCOc1cc(C(=O)Nc2nc3ccc(Br)cc3s2)cc(OCC)c1OCC. The fourth-order valence-electron chi connectivity index (χ4n) is 2.64. The number of benzene rings is 2. The Labute approximate surface area is 176 Å². The zero-order valence-electron chi connectivity index (χ0n) is 15.9. The Morgan fingerprint density at radius 2 is 1.68 bits per heavy atom. The molecule has 8 heteroatoms. The van der Waals surface area contributed by atoms with Crippen LogP contribution in [0, 0.1) is 0 Å². The lowest BCUT2D eigenvalue weighted by atomic mass is 10.1. The zero-order chi connectivity index (χ0) is 20.1. The first-order valence-electron chi connectivity index (χ1n) is 8.99. The van der Waals surface area contributed by atoms with Crippen molar-refractivity contribution in [2.75, 3.05) is 25.1 Å². The Bertz CT molecular complexity index is 962. The van der Waals surface area contributed by atoms with Crippen molar-refractivity contribution < 1.29 is 19.0 Å². The first-order chi connectivity index (χ1) is 13.5. The fourth-order valence-corrected chi connectivity index (χ4v) is 4.05. The molecule has 0 bridgehead atoms. The van der Waals surface area contributed by atoms with Crippen LogP contribution in [-0.4, -0.2) is 30.7 Å². The number of hydrogen-bond acceptors (Lipinski definition) is 6. The lowest BCUT2D eigenvalue weighted by Gasteiger charge is -2.16. The number of amides is 1. The molecule has 0 aliphatic rings.